The summed E-state index contributed by atoms with van der Waals surface area (Å²) in [5, 5.41) is 13.3. The molecule has 0 aliphatic carbocycles. The number of nitrogens with two attached hydrogens (primary N) is 1. The van der Waals surface area contributed by atoms with Gasteiger partial charge in [-0.25, -0.2) is 4.98 Å². The number of benzene rings is 2. The first-order chi connectivity index (χ1) is 13.6. The van der Waals surface area contributed by atoms with E-state index in [1.54, 1.807) is 24.3 Å². The fourth-order valence-corrected chi connectivity index (χ4v) is 2.99. The molecule has 148 valence electrons. The molecule has 3 rings (SSSR count). The lowest BCUT2D eigenvalue weighted by atomic mass is 10.1. The molecule has 4 N–H and O–H groups in total. The second kappa shape index (κ2) is 9.87. The number of amides is 1. The van der Waals surface area contributed by atoms with Crippen molar-refractivity contribution in [1.29, 1.82) is 0 Å². The molecule has 0 saturated carbocycles. The molecular weight excluding hydrogens is 356 g/mol. The summed E-state index contributed by atoms with van der Waals surface area (Å²) >= 11 is 0. The number of nitrogens with zero attached hydrogens (tertiary/aromatic N) is 2. The zero-order valence-corrected chi connectivity index (χ0v) is 15.8. The fourth-order valence-electron chi connectivity index (χ4n) is 2.99. The lowest BCUT2D eigenvalue weighted by molar-refractivity contribution is -0.117. The predicted octanol–water partition coefficient (Wildman–Crippen LogP) is 1.48. The Labute approximate surface area is 164 Å². The maximum atomic E-state index is 10.9. The Morgan fingerprint density at radius 1 is 1.21 bits per heavy atom. The summed E-state index contributed by atoms with van der Waals surface area (Å²) in [5.74, 6) is 0.288. The molecule has 0 aliphatic rings. The monoisotopic (exact) mass is 382 g/mol. The molecule has 28 heavy (non-hydrogen) atoms. The van der Waals surface area contributed by atoms with Crippen molar-refractivity contribution in [3.05, 3.63) is 60.4 Å². The molecule has 1 aromatic heterocycles. The highest BCUT2D eigenvalue weighted by Gasteiger charge is 2.06. The summed E-state index contributed by atoms with van der Waals surface area (Å²) in [4.78, 5) is 15.3. The number of aliphatic hydroxyl groups is 1. The molecule has 0 aliphatic heterocycles. The van der Waals surface area contributed by atoms with Gasteiger partial charge in [0.25, 0.3) is 0 Å². The predicted molar refractivity (Wildman–Crippen MR) is 108 cm³/mol. The van der Waals surface area contributed by atoms with Gasteiger partial charge >= 0.3 is 0 Å². The van der Waals surface area contributed by atoms with Crippen LogP contribution in [0.3, 0.4) is 0 Å². The molecule has 0 radical (unpaired) electrons. The quantitative estimate of drug-likeness (QED) is 0.436. The van der Waals surface area contributed by atoms with Crippen LogP contribution in [0.2, 0.25) is 0 Å². The molecule has 7 nitrogen and oxygen atoms in total. The summed E-state index contributed by atoms with van der Waals surface area (Å²) in [6.07, 6.45) is 2.42. The highest BCUT2D eigenvalue weighted by molar-refractivity contribution is 5.76. The average Bonchev–Trinajstić information content (AvgIpc) is 3.10. The van der Waals surface area contributed by atoms with Crippen LogP contribution in [0.5, 0.6) is 5.75 Å². The number of hydrogen-bond donors (Lipinski definition) is 3. The van der Waals surface area contributed by atoms with Gasteiger partial charge in [-0.05, 0) is 42.8 Å². The Bertz CT molecular complexity index is 892. The van der Waals surface area contributed by atoms with Crippen LogP contribution in [0.15, 0.2) is 54.9 Å². The topological polar surface area (TPSA) is 102 Å². The number of imidazole rings is 1. The molecule has 1 heterocycles. The SMILES string of the molecule is NC(=O)Cc1ccc(OCC(O)CNCCCn2cnc3ccccc32)cc1. The Morgan fingerprint density at radius 2 is 2.00 bits per heavy atom. The normalized spacial score (nSPS) is 12.2. The van der Waals surface area contributed by atoms with Crippen molar-refractivity contribution in [1.82, 2.24) is 14.9 Å². The molecule has 0 spiro atoms. The smallest absolute Gasteiger partial charge is 0.221 e. The molecule has 0 bridgehead atoms. The van der Waals surface area contributed by atoms with E-state index in [2.05, 4.69) is 20.9 Å². The fraction of sp³-hybridized carbons (Fsp3) is 0.333. The third-order valence-corrected chi connectivity index (χ3v) is 4.40. The van der Waals surface area contributed by atoms with E-state index in [4.69, 9.17) is 10.5 Å². The summed E-state index contributed by atoms with van der Waals surface area (Å²) in [7, 11) is 0. The minimum Gasteiger partial charge on any atom is -0.491 e. The highest BCUT2D eigenvalue weighted by atomic mass is 16.5. The first-order valence-electron chi connectivity index (χ1n) is 9.40. The van der Waals surface area contributed by atoms with Crippen molar-refractivity contribution in [2.24, 2.45) is 5.73 Å². The summed E-state index contributed by atoms with van der Waals surface area (Å²) in [6.45, 7) is 2.34. The van der Waals surface area contributed by atoms with Gasteiger partial charge in [-0.2, -0.15) is 0 Å². The molecule has 1 unspecified atom stereocenters. The number of para-hydroxylation sites is 2. The number of carbonyl (C=O) groups excluding carboxylic acids is 1. The second-order valence-electron chi connectivity index (χ2n) is 6.74. The Morgan fingerprint density at radius 3 is 2.79 bits per heavy atom. The van der Waals surface area contributed by atoms with Crippen molar-refractivity contribution < 1.29 is 14.6 Å². The number of aliphatic hydroxyl groups excluding tert-OH is 1. The van der Waals surface area contributed by atoms with E-state index in [-0.39, 0.29) is 18.9 Å². The highest BCUT2D eigenvalue weighted by Crippen LogP contribution is 2.13. The number of aryl methyl sites for hydroxylation is 1. The molecule has 7 heteroatoms. The van der Waals surface area contributed by atoms with Gasteiger partial charge in [-0.1, -0.05) is 24.3 Å². The van der Waals surface area contributed by atoms with E-state index < -0.39 is 6.10 Å². The van der Waals surface area contributed by atoms with E-state index in [1.165, 1.54) is 0 Å². The molecule has 3 aromatic rings. The number of nitrogens with one attached hydrogen (secondary N) is 1. The minimum atomic E-state index is -0.598. The molecular formula is C21H26N4O3. The zero-order chi connectivity index (χ0) is 19.8. The third kappa shape index (κ3) is 5.80. The lowest BCUT2D eigenvalue weighted by Crippen LogP contribution is -2.32. The van der Waals surface area contributed by atoms with Gasteiger partial charge in [0.05, 0.1) is 23.8 Å². The van der Waals surface area contributed by atoms with Crippen LogP contribution in [-0.4, -0.2) is 46.4 Å². The van der Waals surface area contributed by atoms with Gasteiger partial charge < -0.3 is 25.5 Å². The first-order valence-corrected chi connectivity index (χ1v) is 9.40. The number of fused-ring (bicyclic) bond motifs is 1. The Balaban J connectivity index is 1.31. The van der Waals surface area contributed by atoms with Crippen LogP contribution >= 0.6 is 0 Å². The number of hydrogen-bond acceptors (Lipinski definition) is 5. The van der Waals surface area contributed by atoms with Crippen LogP contribution < -0.4 is 15.8 Å². The van der Waals surface area contributed by atoms with Gasteiger partial charge in [-0.3, -0.25) is 4.79 Å². The zero-order valence-electron chi connectivity index (χ0n) is 15.8. The Hall–Kier alpha value is -2.90. The number of ether oxygens (including phenoxy) is 1. The summed E-state index contributed by atoms with van der Waals surface area (Å²) in [5.41, 5.74) is 8.15. The van der Waals surface area contributed by atoms with Gasteiger partial charge in [0, 0.05) is 13.1 Å². The van der Waals surface area contributed by atoms with Crippen LogP contribution in [0, 0.1) is 0 Å². The van der Waals surface area contributed by atoms with Crippen LogP contribution in [0.25, 0.3) is 11.0 Å². The second-order valence-corrected chi connectivity index (χ2v) is 6.74. The lowest BCUT2D eigenvalue weighted by Gasteiger charge is -2.13. The van der Waals surface area contributed by atoms with Crippen molar-refractivity contribution in [2.75, 3.05) is 19.7 Å². The standard InChI is InChI=1S/C21H26N4O3/c22-21(27)12-16-6-8-18(9-7-16)28-14-17(26)13-23-10-3-11-25-15-24-19-4-1-2-5-20(19)25/h1-2,4-9,15,17,23,26H,3,10-14H2,(H2,22,27). The van der Waals surface area contributed by atoms with E-state index in [0.717, 1.165) is 36.1 Å². The molecule has 1 atom stereocenters. The largest absolute Gasteiger partial charge is 0.491 e. The molecule has 0 saturated heterocycles. The number of aromatic nitrogens is 2. The van der Waals surface area contributed by atoms with Gasteiger partial charge in [-0.15, -0.1) is 0 Å². The Kier molecular flexibility index (Phi) is 7.00. The summed E-state index contributed by atoms with van der Waals surface area (Å²) in [6, 6.07) is 15.2. The van der Waals surface area contributed by atoms with E-state index in [1.807, 2.05) is 24.5 Å². The van der Waals surface area contributed by atoms with Gasteiger partial charge in [0.2, 0.25) is 5.91 Å². The van der Waals surface area contributed by atoms with Crippen molar-refractivity contribution >= 4 is 16.9 Å². The minimum absolute atomic E-state index is 0.203. The van der Waals surface area contributed by atoms with Crippen molar-refractivity contribution in [2.45, 2.75) is 25.5 Å². The molecule has 1 amide bonds. The van der Waals surface area contributed by atoms with Crippen LogP contribution in [0.4, 0.5) is 0 Å². The van der Waals surface area contributed by atoms with Crippen molar-refractivity contribution in [3.63, 3.8) is 0 Å². The third-order valence-electron chi connectivity index (χ3n) is 4.40. The number of carbonyl (C=O) groups is 1. The van der Waals surface area contributed by atoms with Gasteiger partial charge in [0.1, 0.15) is 18.5 Å². The van der Waals surface area contributed by atoms with E-state index >= 15 is 0 Å². The number of primary amides is 1. The molecule has 0 fully saturated rings. The summed E-state index contributed by atoms with van der Waals surface area (Å²) < 4.78 is 7.71. The van der Waals surface area contributed by atoms with Gasteiger partial charge in [0.15, 0.2) is 0 Å². The van der Waals surface area contributed by atoms with Crippen LogP contribution in [0.1, 0.15) is 12.0 Å². The number of rotatable bonds is 11. The average molecular weight is 382 g/mol. The maximum Gasteiger partial charge on any atom is 0.221 e. The van der Waals surface area contributed by atoms with Crippen LogP contribution in [-0.2, 0) is 17.8 Å². The molecule has 2 aromatic carbocycles. The van der Waals surface area contributed by atoms with E-state index in [0.29, 0.717) is 12.3 Å². The maximum absolute atomic E-state index is 10.9. The van der Waals surface area contributed by atoms with E-state index in [9.17, 15) is 9.90 Å². The first kappa shape index (κ1) is 19.9. The van der Waals surface area contributed by atoms with Crippen molar-refractivity contribution in [3.8, 4) is 5.75 Å².